The fraction of sp³-hybridized carbons (Fsp3) is 0.571. The molecule has 0 unspecified atom stereocenters. The van der Waals surface area contributed by atoms with Crippen LogP contribution in [0.5, 0.6) is 0 Å². The van der Waals surface area contributed by atoms with Crippen molar-refractivity contribution in [2.24, 2.45) is 5.92 Å². The third-order valence-corrected chi connectivity index (χ3v) is 1.12. The highest BCUT2D eigenvalue weighted by molar-refractivity contribution is 4.94. The first-order valence-electron chi connectivity index (χ1n) is 2.80. The van der Waals surface area contributed by atoms with Crippen molar-refractivity contribution in [3.05, 3.63) is 17.9 Å². The van der Waals surface area contributed by atoms with Crippen LogP contribution in [0.15, 0.2) is 17.9 Å². The van der Waals surface area contributed by atoms with E-state index < -0.39 is 0 Å². The van der Waals surface area contributed by atoms with E-state index in [4.69, 9.17) is 0 Å². The lowest BCUT2D eigenvalue weighted by molar-refractivity contribution is 1.13. The summed E-state index contributed by atoms with van der Waals surface area (Å²) < 4.78 is 0. The number of hydrogen-bond acceptors (Lipinski definition) is 0. The van der Waals surface area contributed by atoms with Crippen LogP contribution in [0.25, 0.3) is 0 Å². The topological polar surface area (TPSA) is 0 Å². The van der Waals surface area contributed by atoms with E-state index in [1.165, 1.54) is 12.8 Å². The maximum Gasteiger partial charge on any atom is -0.0157 e. The van der Waals surface area contributed by atoms with Crippen molar-refractivity contribution >= 4 is 0 Å². The SMILES string of the molecule is CC=C=CC1CC1. The summed E-state index contributed by atoms with van der Waals surface area (Å²) in [6.07, 6.45) is 6.89. The van der Waals surface area contributed by atoms with Crippen LogP contribution < -0.4 is 0 Å². The Morgan fingerprint density at radius 1 is 1.57 bits per heavy atom. The molecule has 0 saturated heterocycles. The molecule has 1 rings (SSSR count). The summed E-state index contributed by atoms with van der Waals surface area (Å²) in [5, 5.41) is 0. The summed E-state index contributed by atoms with van der Waals surface area (Å²) in [5.41, 5.74) is 3.06. The van der Waals surface area contributed by atoms with Crippen molar-refractivity contribution in [2.45, 2.75) is 19.8 Å². The highest BCUT2D eigenvalue weighted by Gasteiger charge is 2.16. The summed E-state index contributed by atoms with van der Waals surface area (Å²) in [6, 6.07) is 0. The molecule has 1 saturated carbocycles. The predicted octanol–water partition coefficient (Wildman–Crippen LogP) is 2.13. The zero-order valence-electron chi connectivity index (χ0n) is 4.65. The van der Waals surface area contributed by atoms with Crippen molar-refractivity contribution in [3.63, 3.8) is 0 Å². The maximum atomic E-state index is 3.06. The van der Waals surface area contributed by atoms with E-state index >= 15 is 0 Å². The van der Waals surface area contributed by atoms with Gasteiger partial charge in [0.2, 0.25) is 0 Å². The first-order valence-corrected chi connectivity index (χ1v) is 2.80. The fourth-order valence-electron chi connectivity index (χ4n) is 0.495. The molecule has 38 valence electrons. The largest absolute Gasteiger partial charge is 0.130 e. The van der Waals surface area contributed by atoms with Gasteiger partial charge in [-0.15, -0.1) is 5.73 Å². The quantitative estimate of drug-likeness (QED) is 0.437. The summed E-state index contributed by atoms with van der Waals surface area (Å²) >= 11 is 0. The average molecular weight is 94.2 g/mol. The molecule has 1 aliphatic rings. The molecule has 0 aromatic rings. The molecule has 0 aromatic carbocycles. The molecule has 0 nitrogen and oxygen atoms in total. The highest BCUT2D eigenvalue weighted by atomic mass is 14.2. The molecule has 0 spiro atoms. The maximum absolute atomic E-state index is 3.06. The Hall–Kier alpha value is -0.480. The molecule has 0 amide bonds. The van der Waals surface area contributed by atoms with E-state index in [1.807, 2.05) is 13.0 Å². The van der Waals surface area contributed by atoms with Crippen LogP contribution in [0, 0.1) is 5.92 Å². The van der Waals surface area contributed by atoms with Gasteiger partial charge < -0.3 is 0 Å². The lowest BCUT2D eigenvalue weighted by atomic mass is 10.4. The van der Waals surface area contributed by atoms with Gasteiger partial charge in [0, 0.05) is 0 Å². The molecular formula is C7H10. The van der Waals surface area contributed by atoms with Gasteiger partial charge in [0.15, 0.2) is 0 Å². The number of allylic oxidation sites excluding steroid dienone is 1. The summed E-state index contributed by atoms with van der Waals surface area (Å²) in [6.45, 7) is 2.00. The van der Waals surface area contributed by atoms with Crippen molar-refractivity contribution in [2.75, 3.05) is 0 Å². The van der Waals surface area contributed by atoms with E-state index in [-0.39, 0.29) is 0 Å². The average Bonchev–Trinajstić information content (AvgIpc) is 2.42. The molecule has 0 aliphatic heterocycles. The Morgan fingerprint density at radius 3 is 2.71 bits per heavy atom. The second-order valence-electron chi connectivity index (χ2n) is 1.96. The summed E-state index contributed by atoms with van der Waals surface area (Å²) in [5.74, 6) is 0.885. The molecule has 0 aromatic heterocycles. The van der Waals surface area contributed by atoms with Crippen LogP contribution in [0.4, 0.5) is 0 Å². The monoisotopic (exact) mass is 94.1 g/mol. The summed E-state index contributed by atoms with van der Waals surface area (Å²) in [7, 11) is 0. The van der Waals surface area contributed by atoms with Crippen molar-refractivity contribution in [1.82, 2.24) is 0 Å². The molecule has 0 N–H and O–H groups in total. The van der Waals surface area contributed by atoms with Crippen molar-refractivity contribution in [1.29, 1.82) is 0 Å². The van der Waals surface area contributed by atoms with Crippen molar-refractivity contribution < 1.29 is 0 Å². The van der Waals surface area contributed by atoms with Gasteiger partial charge in [-0.1, -0.05) is 0 Å². The zero-order valence-corrected chi connectivity index (χ0v) is 4.65. The minimum absolute atomic E-state index is 0.885. The van der Waals surface area contributed by atoms with Gasteiger partial charge in [0.25, 0.3) is 0 Å². The van der Waals surface area contributed by atoms with Crippen LogP contribution in [-0.4, -0.2) is 0 Å². The Morgan fingerprint density at radius 2 is 2.29 bits per heavy atom. The summed E-state index contributed by atoms with van der Waals surface area (Å²) in [4.78, 5) is 0. The first kappa shape index (κ1) is 4.67. The van der Waals surface area contributed by atoms with Crippen LogP contribution in [0.1, 0.15) is 19.8 Å². The smallest absolute Gasteiger partial charge is 0.0157 e. The molecule has 0 heteroatoms. The van der Waals surface area contributed by atoms with E-state index in [9.17, 15) is 0 Å². The normalized spacial score (nSPS) is 17.9. The van der Waals surface area contributed by atoms with Crippen LogP contribution in [0.3, 0.4) is 0 Å². The van der Waals surface area contributed by atoms with Gasteiger partial charge in [-0.25, -0.2) is 0 Å². The fourth-order valence-corrected chi connectivity index (χ4v) is 0.495. The van der Waals surface area contributed by atoms with Crippen LogP contribution >= 0.6 is 0 Å². The lowest BCUT2D eigenvalue weighted by Crippen LogP contribution is -1.53. The van der Waals surface area contributed by atoms with E-state index in [1.54, 1.807) is 0 Å². The third-order valence-electron chi connectivity index (χ3n) is 1.12. The molecule has 1 fully saturated rings. The van der Waals surface area contributed by atoms with Gasteiger partial charge in [-0.05, 0) is 37.8 Å². The Bertz CT molecular complexity index is 101. The standard InChI is InChI=1S/C7H10/c1-2-3-4-7-5-6-7/h2,4,7H,5-6H2,1H3. The second-order valence-corrected chi connectivity index (χ2v) is 1.96. The molecule has 7 heavy (non-hydrogen) atoms. The number of rotatable bonds is 1. The van der Waals surface area contributed by atoms with Crippen LogP contribution in [-0.2, 0) is 0 Å². The van der Waals surface area contributed by atoms with E-state index in [0.717, 1.165) is 5.92 Å². The van der Waals surface area contributed by atoms with Crippen LogP contribution in [0.2, 0.25) is 0 Å². The second kappa shape index (κ2) is 1.99. The van der Waals surface area contributed by atoms with E-state index in [2.05, 4.69) is 11.8 Å². The molecule has 0 atom stereocenters. The molecule has 0 bridgehead atoms. The Kier molecular flexibility index (Phi) is 1.33. The molecule has 1 aliphatic carbocycles. The molecule has 0 heterocycles. The van der Waals surface area contributed by atoms with Gasteiger partial charge in [-0.3, -0.25) is 0 Å². The predicted molar refractivity (Wildman–Crippen MR) is 31.1 cm³/mol. The van der Waals surface area contributed by atoms with Gasteiger partial charge in [0.1, 0.15) is 0 Å². The molecular weight excluding hydrogens is 84.1 g/mol. The van der Waals surface area contributed by atoms with E-state index in [0.29, 0.717) is 0 Å². The number of hydrogen-bond donors (Lipinski definition) is 0. The van der Waals surface area contributed by atoms with Crippen molar-refractivity contribution in [3.8, 4) is 0 Å². The highest BCUT2D eigenvalue weighted by Crippen LogP contribution is 2.29. The molecule has 0 radical (unpaired) electrons. The van der Waals surface area contributed by atoms with Gasteiger partial charge in [-0.2, -0.15) is 0 Å². The van der Waals surface area contributed by atoms with Gasteiger partial charge >= 0.3 is 0 Å². The first-order chi connectivity index (χ1) is 3.43. The third kappa shape index (κ3) is 1.61. The van der Waals surface area contributed by atoms with Gasteiger partial charge in [0.05, 0.1) is 0 Å². The minimum Gasteiger partial charge on any atom is -0.130 e. The Labute approximate surface area is 44.5 Å². The lowest BCUT2D eigenvalue weighted by Gasteiger charge is -1.66. The zero-order chi connectivity index (χ0) is 5.11. The minimum atomic E-state index is 0.885. The Balaban J connectivity index is 2.30.